The number of aliphatic hydroxyl groups excluding tert-OH is 3. The molecule has 2 aliphatic rings. The maximum absolute atomic E-state index is 10.4. The molecule has 0 aromatic rings. The van der Waals surface area contributed by atoms with Gasteiger partial charge in [0.1, 0.15) is 12.2 Å². The summed E-state index contributed by atoms with van der Waals surface area (Å²) in [5, 5.41) is 29.8. The standard InChI is InChI=1S/C17H32O6/c1-6-12-16(9(3)8(2)11(5)21-12)23-17-15(20)10(4)14(19)13(7-18)22-17/h8-20H,6-7H2,1-5H3/t8?,9-,10?,11-,12?,13+,14+,15?,16+,17-/m1/s1. The van der Waals surface area contributed by atoms with Gasteiger partial charge in [-0.25, -0.2) is 0 Å². The van der Waals surface area contributed by atoms with E-state index in [4.69, 9.17) is 14.2 Å². The molecule has 0 aliphatic carbocycles. The molecular weight excluding hydrogens is 300 g/mol. The van der Waals surface area contributed by atoms with Crippen LogP contribution in [0, 0.1) is 17.8 Å². The van der Waals surface area contributed by atoms with Crippen molar-refractivity contribution in [3.8, 4) is 0 Å². The summed E-state index contributed by atoms with van der Waals surface area (Å²) in [6.07, 6.45) is -2.71. The lowest BCUT2D eigenvalue weighted by Gasteiger charge is -2.47. The first kappa shape index (κ1) is 19.1. The monoisotopic (exact) mass is 332 g/mol. The molecule has 10 atom stereocenters. The summed E-state index contributed by atoms with van der Waals surface area (Å²) < 4.78 is 17.8. The van der Waals surface area contributed by atoms with Gasteiger partial charge in [0.25, 0.3) is 0 Å². The van der Waals surface area contributed by atoms with E-state index in [2.05, 4.69) is 27.7 Å². The fraction of sp³-hybridized carbons (Fsp3) is 1.00. The quantitative estimate of drug-likeness (QED) is 0.709. The molecule has 23 heavy (non-hydrogen) atoms. The molecule has 2 fully saturated rings. The van der Waals surface area contributed by atoms with E-state index in [0.717, 1.165) is 6.42 Å². The zero-order valence-corrected chi connectivity index (χ0v) is 14.8. The van der Waals surface area contributed by atoms with E-state index >= 15 is 0 Å². The Bertz CT molecular complexity index is 374. The van der Waals surface area contributed by atoms with E-state index in [1.165, 1.54) is 0 Å². The normalized spacial score (nSPS) is 51.7. The Balaban J connectivity index is 2.11. The second kappa shape index (κ2) is 7.76. The molecule has 4 unspecified atom stereocenters. The van der Waals surface area contributed by atoms with Gasteiger partial charge in [0.05, 0.1) is 31.0 Å². The van der Waals surface area contributed by atoms with Crippen LogP contribution in [0.2, 0.25) is 0 Å². The average Bonchev–Trinajstić information content (AvgIpc) is 2.55. The smallest absolute Gasteiger partial charge is 0.184 e. The minimum absolute atomic E-state index is 0.0540. The predicted octanol–water partition coefficient (Wildman–Crippen LogP) is 0.916. The van der Waals surface area contributed by atoms with Crippen LogP contribution in [-0.4, -0.2) is 64.8 Å². The van der Waals surface area contributed by atoms with Gasteiger partial charge in [-0.2, -0.15) is 0 Å². The minimum atomic E-state index is -0.938. The Morgan fingerprint density at radius 1 is 0.870 bits per heavy atom. The molecule has 6 nitrogen and oxygen atoms in total. The maximum Gasteiger partial charge on any atom is 0.184 e. The van der Waals surface area contributed by atoms with Crippen molar-refractivity contribution in [3.63, 3.8) is 0 Å². The third-order valence-corrected chi connectivity index (χ3v) is 5.76. The number of hydrogen-bond acceptors (Lipinski definition) is 6. The summed E-state index contributed by atoms with van der Waals surface area (Å²) in [5.74, 6) is 0.163. The summed E-state index contributed by atoms with van der Waals surface area (Å²) in [6, 6.07) is 0. The Kier molecular flexibility index (Phi) is 6.44. The summed E-state index contributed by atoms with van der Waals surface area (Å²) in [4.78, 5) is 0. The summed E-state index contributed by atoms with van der Waals surface area (Å²) in [5.41, 5.74) is 0. The third kappa shape index (κ3) is 3.72. The first-order valence-electron chi connectivity index (χ1n) is 8.75. The van der Waals surface area contributed by atoms with Gasteiger partial charge in [0, 0.05) is 5.92 Å². The predicted molar refractivity (Wildman–Crippen MR) is 84.8 cm³/mol. The number of aliphatic hydroxyl groups is 3. The van der Waals surface area contributed by atoms with Crippen LogP contribution in [0.15, 0.2) is 0 Å². The molecule has 0 radical (unpaired) electrons. The Hall–Kier alpha value is -0.240. The highest BCUT2D eigenvalue weighted by molar-refractivity contribution is 4.91. The van der Waals surface area contributed by atoms with Crippen molar-refractivity contribution in [1.82, 2.24) is 0 Å². The van der Waals surface area contributed by atoms with Crippen LogP contribution in [0.25, 0.3) is 0 Å². The molecule has 0 saturated carbocycles. The highest BCUT2D eigenvalue weighted by Gasteiger charge is 2.46. The molecule has 2 saturated heterocycles. The zero-order valence-electron chi connectivity index (χ0n) is 14.8. The number of rotatable bonds is 4. The van der Waals surface area contributed by atoms with Crippen molar-refractivity contribution in [2.75, 3.05) is 6.61 Å². The Morgan fingerprint density at radius 2 is 1.52 bits per heavy atom. The third-order valence-electron chi connectivity index (χ3n) is 5.76. The van der Waals surface area contributed by atoms with Crippen LogP contribution in [0.5, 0.6) is 0 Å². The van der Waals surface area contributed by atoms with Crippen molar-refractivity contribution in [1.29, 1.82) is 0 Å². The molecule has 2 aliphatic heterocycles. The van der Waals surface area contributed by atoms with Gasteiger partial charge in [-0.15, -0.1) is 0 Å². The van der Waals surface area contributed by atoms with Crippen LogP contribution in [0.4, 0.5) is 0 Å². The van der Waals surface area contributed by atoms with Crippen LogP contribution in [0.3, 0.4) is 0 Å². The molecule has 0 bridgehead atoms. The molecule has 136 valence electrons. The van der Waals surface area contributed by atoms with Gasteiger partial charge >= 0.3 is 0 Å². The lowest BCUT2D eigenvalue weighted by atomic mass is 9.81. The lowest BCUT2D eigenvalue weighted by Crippen LogP contribution is -2.58. The Labute approximate surface area is 138 Å². The first-order chi connectivity index (χ1) is 10.8. The second-order valence-electron chi connectivity index (χ2n) is 7.17. The van der Waals surface area contributed by atoms with Gasteiger partial charge in [0.15, 0.2) is 6.29 Å². The fourth-order valence-corrected chi connectivity index (χ4v) is 3.62. The van der Waals surface area contributed by atoms with E-state index in [1.54, 1.807) is 6.92 Å². The van der Waals surface area contributed by atoms with E-state index in [-0.39, 0.29) is 30.8 Å². The molecular formula is C17H32O6. The zero-order chi connectivity index (χ0) is 17.3. The van der Waals surface area contributed by atoms with Gasteiger partial charge in [0.2, 0.25) is 0 Å². The van der Waals surface area contributed by atoms with E-state index in [0.29, 0.717) is 5.92 Å². The topological polar surface area (TPSA) is 88.4 Å². The van der Waals surface area contributed by atoms with Crippen molar-refractivity contribution in [2.45, 2.75) is 84.0 Å². The summed E-state index contributed by atoms with van der Waals surface area (Å²) in [7, 11) is 0. The van der Waals surface area contributed by atoms with E-state index in [9.17, 15) is 15.3 Å². The van der Waals surface area contributed by atoms with Crippen molar-refractivity contribution in [3.05, 3.63) is 0 Å². The summed E-state index contributed by atoms with van der Waals surface area (Å²) >= 11 is 0. The average molecular weight is 332 g/mol. The minimum Gasteiger partial charge on any atom is -0.394 e. The van der Waals surface area contributed by atoms with Gasteiger partial charge < -0.3 is 29.5 Å². The molecule has 0 spiro atoms. The van der Waals surface area contributed by atoms with Crippen molar-refractivity contribution < 1.29 is 29.5 Å². The molecule has 3 N–H and O–H groups in total. The molecule has 2 rings (SSSR count). The SMILES string of the molecule is CCC1O[C@H](C)C(C)[C@@H](C)[C@@H]1O[C@H]1O[C@@H](CO)[C@@H](O)C(C)C1O. The number of ether oxygens (including phenoxy) is 3. The largest absolute Gasteiger partial charge is 0.394 e. The molecule has 2 heterocycles. The lowest BCUT2D eigenvalue weighted by molar-refractivity contribution is -0.323. The van der Waals surface area contributed by atoms with Gasteiger partial charge in [-0.3, -0.25) is 0 Å². The van der Waals surface area contributed by atoms with Gasteiger partial charge in [-0.1, -0.05) is 27.7 Å². The van der Waals surface area contributed by atoms with E-state index < -0.39 is 30.5 Å². The highest BCUT2D eigenvalue weighted by Crippen LogP contribution is 2.36. The molecule has 6 heteroatoms. The fourth-order valence-electron chi connectivity index (χ4n) is 3.62. The maximum atomic E-state index is 10.4. The Morgan fingerprint density at radius 3 is 2.09 bits per heavy atom. The second-order valence-corrected chi connectivity index (χ2v) is 7.17. The molecule has 0 amide bonds. The van der Waals surface area contributed by atoms with Crippen molar-refractivity contribution >= 4 is 0 Å². The summed E-state index contributed by atoms with van der Waals surface area (Å²) in [6.45, 7) is 9.83. The van der Waals surface area contributed by atoms with Crippen molar-refractivity contribution in [2.24, 2.45) is 17.8 Å². The van der Waals surface area contributed by atoms with Gasteiger partial charge in [-0.05, 0) is 25.2 Å². The van der Waals surface area contributed by atoms with Crippen LogP contribution < -0.4 is 0 Å². The molecule has 0 aromatic heterocycles. The molecule has 0 aromatic carbocycles. The van der Waals surface area contributed by atoms with Crippen LogP contribution in [0.1, 0.15) is 41.0 Å². The van der Waals surface area contributed by atoms with Crippen LogP contribution >= 0.6 is 0 Å². The van der Waals surface area contributed by atoms with Crippen LogP contribution in [-0.2, 0) is 14.2 Å². The first-order valence-corrected chi connectivity index (χ1v) is 8.75. The highest BCUT2D eigenvalue weighted by atomic mass is 16.7. The van der Waals surface area contributed by atoms with E-state index in [1.807, 2.05) is 0 Å². The number of hydrogen-bond donors (Lipinski definition) is 3.